The van der Waals surface area contributed by atoms with Gasteiger partial charge in [-0.05, 0) is 26.0 Å². The summed E-state index contributed by atoms with van der Waals surface area (Å²) in [6.45, 7) is 5.00. The lowest BCUT2D eigenvalue weighted by Crippen LogP contribution is -2.40. The molecule has 3 rings (SSSR count). The number of morpholine rings is 1. The molecule has 0 atom stereocenters. The summed E-state index contributed by atoms with van der Waals surface area (Å²) < 4.78 is 34.7. The standard InChI is InChI=1S/C13H18N4O4S/c1-10(2)17-13(18)16-5-3-4-11(12(16)14-17)22(19,20)15-6-8-21-9-7-15/h3-5,10H,6-9H2,1-2H3. The van der Waals surface area contributed by atoms with Crippen LogP contribution in [0.1, 0.15) is 19.9 Å². The summed E-state index contributed by atoms with van der Waals surface area (Å²) in [4.78, 5) is 12.3. The average molecular weight is 326 g/mol. The number of sulfonamides is 1. The molecule has 0 saturated carbocycles. The molecule has 9 heteroatoms. The van der Waals surface area contributed by atoms with Crippen LogP contribution in [-0.2, 0) is 14.8 Å². The SMILES string of the molecule is CC(C)n1nc2c(S(=O)(=O)N3CCOCC3)cccn2c1=O. The van der Waals surface area contributed by atoms with Gasteiger partial charge in [-0.25, -0.2) is 22.3 Å². The number of rotatable bonds is 3. The van der Waals surface area contributed by atoms with E-state index in [2.05, 4.69) is 5.10 Å². The van der Waals surface area contributed by atoms with Crippen LogP contribution in [0.5, 0.6) is 0 Å². The van der Waals surface area contributed by atoms with E-state index in [1.807, 2.05) is 13.8 Å². The van der Waals surface area contributed by atoms with Crippen molar-refractivity contribution in [2.75, 3.05) is 26.3 Å². The zero-order valence-corrected chi connectivity index (χ0v) is 13.3. The van der Waals surface area contributed by atoms with Crippen molar-refractivity contribution in [2.24, 2.45) is 0 Å². The second-order valence-corrected chi connectivity index (χ2v) is 7.31. The molecule has 0 aliphatic carbocycles. The van der Waals surface area contributed by atoms with Crippen LogP contribution >= 0.6 is 0 Å². The van der Waals surface area contributed by atoms with Gasteiger partial charge >= 0.3 is 5.69 Å². The first-order valence-electron chi connectivity index (χ1n) is 7.10. The van der Waals surface area contributed by atoms with Crippen molar-refractivity contribution in [3.05, 3.63) is 28.8 Å². The molecule has 0 radical (unpaired) electrons. The van der Waals surface area contributed by atoms with Gasteiger partial charge in [-0.3, -0.25) is 0 Å². The van der Waals surface area contributed by atoms with Gasteiger partial charge in [-0.1, -0.05) is 0 Å². The van der Waals surface area contributed by atoms with E-state index in [9.17, 15) is 13.2 Å². The maximum atomic E-state index is 12.8. The highest BCUT2D eigenvalue weighted by molar-refractivity contribution is 7.89. The summed E-state index contributed by atoms with van der Waals surface area (Å²) in [6.07, 6.45) is 1.53. The van der Waals surface area contributed by atoms with Gasteiger partial charge in [0, 0.05) is 19.3 Å². The third-order valence-electron chi connectivity index (χ3n) is 3.61. The first-order valence-corrected chi connectivity index (χ1v) is 8.54. The molecule has 2 aromatic heterocycles. The van der Waals surface area contributed by atoms with Crippen molar-refractivity contribution in [1.29, 1.82) is 0 Å². The minimum Gasteiger partial charge on any atom is -0.379 e. The van der Waals surface area contributed by atoms with Crippen molar-refractivity contribution in [3.63, 3.8) is 0 Å². The number of nitrogens with zero attached hydrogens (tertiary/aromatic N) is 4. The number of ether oxygens (including phenoxy) is 1. The summed E-state index contributed by atoms with van der Waals surface area (Å²) in [5, 5.41) is 4.20. The van der Waals surface area contributed by atoms with Gasteiger partial charge in [0.25, 0.3) is 0 Å². The number of aromatic nitrogens is 3. The van der Waals surface area contributed by atoms with Crippen LogP contribution in [-0.4, -0.2) is 53.2 Å². The third-order valence-corrected chi connectivity index (χ3v) is 5.53. The average Bonchev–Trinajstić information content (AvgIpc) is 2.85. The normalized spacial score (nSPS) is 17.4. The Kier molecular flexibility index (Phi) is 3.79. The van der Waals surface area contributed by atoms with Crippen LogP contribution in [0.25, 0.3) is 5.65 Å². The van der Waals surface area contributed by atoms with Gasteiger partial charge in [-0.15, -0.1) is 5.10 Å². The number of hydrogen-bond acceptors (Lipinski definition) is 5. The zero-order valence-electron chi connectivity index (χ0n) is 12.5. The number of fused-ring (bicyclic) bond motifs is 1. The summed E-state index contributed by atoms with van der Waals surface area (Å²) in [5.41, 5.74) is -0.184. The molecular weight excluding hydrogens is 308 g/mol. The van der Waals surface area contributed by atoms with Gasteiger partial charge in [0.1, 0.15) is 4.90 Å². The predicted molar refractivity (Wildman–Crippen MR) is 79.4 cm³/mol. The van der Waals surface area contributed by atoms with Crippen LogP contribution < -0.4 is 5.69 Å². The monoisotopic (exact) mass is 326 g/mol. The van der Waals surface area contributed by atoms with Crippen LogP contribution in [0.3, 0.4) is 0 Å². The van der Waals surface area contributed by atoms with Crippen molar-refractivity contribution < 1.29 is 13.2 Å². The fourth-order valence-corrected chi connectivity index (χ4v) is 3.98. The van der Waals surface area contributed by atoms with E-state index >= 15 is 0 Å². The van der Waals surface area contributed by atoms with Gasteiger partial charge in [0.2, 0.25) is 10.0 Å². The Bertz CT molecular complexity index is 847. The molecule has 0 bridgehead atoms. The largest absolute Gasteiger partial charge is 0.379 e. The highest BCUT2D eigenvalue weighted by Gasteiger charge is 2.29. The predicted octanol–water partition coefficient (Wildman–Crippen LogP) is 0.0978. The van der Waals surface area contributed by atoms with Gasteiger partial charge < -0.3 is 4.74 Å². The Morgan fingerprint density at radius 1 is 1.27 bits per heavy atom. The highest BCUT2D eigenvalue weighted by atomic mass is 32.2. The minimum atomic E-state index is -3.70. The number of pyridine rings is 1. The smallest absolute Gasteiger partial charge is 0.350 e. The lowest BCUT2D eigenvalue weighted by Gasteiger charge is -2.25. The minimum absolute atomic E-state index is 0.0494. The molecule has 8 nitrogen and oxygen atoms in total. The third kappa shape index (κ3) is 2.34. The molecule has 0 unspecified atom stereocenters. The van der Waals surface area contributed by atoms with Gasteiger partial charge in [0.05, 0.1) is 19.3 Å². The fraction of sp³-hybridized carbons (Fsp3) is 0.538. The Morgan fingerprint density at radius 3 is 2.59 bits per heavy atom. The highest BCUT2D eigenvalue weighted by Crippen LogP contribution is 2.20. The molecule has 1 aliphatic rings. The molecule has 120 valence electrons. The van der Waals surface area contributed by atoms with E-state index in [1.165, 1.54) is 25.7 Å². The Hall–Kier alpha value is -1.71. The molecule has 1 saturated heterocycles. The molecule has 1 aliphatic heterocycles. The van der Waals surface area contributed by atoms with E-state index in [0.29, 0.717) is 26.3 Å². The summed E-state index contributed by atoms with van der Waals surface area (Å²) in [7, 11) is -3.70. The molecule has 3 heterocycles. The molecule has 0 spiro atoms. The van der Waals surface area contributed by atoms with E-state index in [4.69, 9.17) is 4.74 Å². The van der Waals surface area contributed by atoms with Gasteiger partial charge in [-0.2, -0.15) is 4.31 Å². The molecule has 0 N–H and O–H groups in total. The Balaban J connectivity index is 2.18. The van der Waals surface area contributed by atoms with E-state index in [1.54, 1.807) is 6.07 Å². The Labute approximate surface area is 128 Å². The molecule has 2 aromatic rings. The summed E-state index contributed by atoms with van der Waals surface area (Å²) in [5.74, 6) is 0. The second-order valence-electron chi connectivity index (χ2n) is 5.40. The lowest BCUT2D eigenvalue weighted by molar-refractivity contribution is 0.0730. The van der Waals surface area contributed by atoms with Crippen molar-refractivity contribution >= 4 is 15.7 Å². The molecule has 0 aromatic carbocycles. The van der Waals surface area contributed by atoms with E-state index < -0.39 is 10.0 Å². The molecule has 1 fully saturated rings. The fourth-order valence-electron chi connectivity index (χ4n) is 2.45. The van der Waals surface area contributed by atoms with Crippen molar-refractivity contribution in [1.82, 2.24) is 18.5 Å². The van der Waals surface area contributed by atoms with Crippen LogP contribution in [0.15, 0.2) is 28.0 Å². The first kappa shape index (κ1) is 15.2. The summed E-state index contributed by atoms with van der Waals surface area (Å²) >= 11 is 0. The number of hydrogen-bond donors (Lipinski definition) is 0. The lowest BCUT2D eigenvalue weighted by atomic mass is 10.4. The Morgan fingerprint density at radius 2 is 1.95 bits per heavy atom. The zero-order chi connectivity index (χ0) is 15.9. The maximum Gasteiger partial charge on any atom is 0.350 e. The first-order chi connectivity index (χ1) is 10.4. The van der Waals surface area contributed by atoms with E-state index in [0.717, 1.165) is 0 Å². The topological polar surface area (TPSA) is 85.9 Å². The van der Waals surface area contributed by atoms with Gasteiger partial charge in [0.15, 0.2) is 5.65 Å². The molecule has 0 amide bonds. The van der Waals surface area contributed by atoms with Crippen molar-refractivity contribution in [3.8, 4) is 0 Å². The van der Waals surface area contributed by atoms with Crippen molar-refractivity contribution in [2.45, 2.75) is 24.8 Å². The quantitative estimate of drug-likeness (QED) is 0.798. The molecule has 22 heavy (non-hydrogen) atoms. The van der Waals surface area contributed by atoms with Crippen LogP contribution in [0.2, 0.25) is 0 Å². The van der Waals surface area contributed by atoms with E-state index in [-0.39, 0.29) is 22.3 Å². The second kappa shape index (κ2) is 5.49. The molecular formula is C13H18N4O4S. The van der Waals surface area contributed by atoms with Crippen LogP contribution in [0, 0.1) is 0 Å². The maximum absolute atomic E-state index is 12.8. The summed E-state index contributed by atoms with van der Waals surface area (Å²) in [6, 6.07) is 2.89. The van der Waals surface area contributed by atoms with Crippen LogP contribution in [0.4, 0.5) is 0 Å².